The first-order valence-corrected chi connectivity index (χ1v) is 10.2. The van der Waals surface area contributed by atoms with Crippen LogP contribution in [0.15, 0.2) is 60.7 Å². The van der Waals surface area contributed by atoms with Crippen LogP contribution in [0.3, 0.4) is 0 Å². The number of rotatable bonds is 5. The second kappa shape index (κ2) is 7.88. The van der Waals surface area contributed by atoms with E-state index in [9.17, 15) is 27.1 Å². The lowest BCUT2D eigenvalue weighted by Crippen LogP contribution is -2.13. The summed E-state index contributed by atoms with van der Waals surface area (Å²) in [5, 5.41) is 12.3. The summed E-state index contributed by atoms with van der Waals surface area (Å²) in [4.78, 5) is 12.4. The monoisotopic (exact) mass is 418 g/mol. The van der Waals surface area contributed by atoms with Crippen molar-refractivity contribution in [2.24, 2.45) is 0 Å². The fourth-order valence-corrected chi connectivity index (χ4v) is 3.19. The van der Waals surface area contributed by atoms with E-state index in [-0.39, 0.29) is 28.3 Å². The molecule has 0 bridgehead atoms. The van der Waals surface area contributed by atoms with E-state index in [0.717, 1.165) is 12.3 Å². The third kappa shape index (κ3) is 4.88. The molecule has 0 aliphatic rings. The average Bonchev–Trinajstić information content (AvgIpc) is 2.66. The van der Waals surface area contributed by atoms with Crippen LogP contribution in [0.4, 0.5) is 20.2 Å². The minimum atomic E-state index is -3.61. The zero-order chi connectivity index (χ0) is 21.2. The van der Waals surface area contributed by atoms with Gasteiger partial charge in [-0.05, 0) is 42.0 Å². The van der Waals surface area contributed by atoms with Gasteiger partial charge in [-0.25, -0.2) is 17.2 Å². The molecule has 3 rings (SSSR count). The molecular formula is C20H16F2N2O4S. The van der Waals surface area contributed by atoms with Gasteiger partial charge in [-0.15, -0.1) is 0 Å². The third-order valence-electron chi connectivity index (χ3n) is 3.96. The summed E-state index contributed by atoms with van der Waals surface area (Å²) < 4.78 is 52.1. The fourth-order valence-electron chi connectivity index (χ4n) is 2.63. The second-order valence-corrected chi connectivity index (χ2v) is 7.99. The van der Waals surface area contributed by atoms with Gasteiger partial charge in [0.05, 0.1) is 11.9 Å². The molecule has 1 amide bonds. The smallest absolute Gasteiger partial charge is 0.255 e. The van der Waals surface area contributed by atoms with Gasteiger partial charge in [0.25, 0.3) is 5.91 Å². The van der Waals surface area contributed by atoms with Crippen LogP contribution in [-0.2, 0) is 10.0 Å². The van der Waals surface area contributed by atoms with E-state index >= 15 is 0 Å². The summed E-state index contributed by atoms with van der Waals surface area (Å²) in [7, 11) is -3.61. The van der Waals surface area contributed by atoms with Crippen LogP contribution in [0, 0.1) is 11.6 Å². The normalized spacial score (nSPS) is 11.1. The van der Waals surface area contributed by atoms with Crippen molar-refractivity contribution >= 4 is 27.3 Å². The summed E-state index contributed by atoms with van der Waals surface area (Å²) in [5.41, 5.74) is 0.896. The Morgan fingerprint density at radius 3 is 2.34 bits per heavy atom. The molecule has 0 radical (unpaired) electrons. The van der Waals surface area contributed by atoms with Crippen LogP contribution in [0.2, 0.25) is 0 Å². The first kappa shape index (κ1) is 20.3. The number of anilines is 2. The summed E-state index contributed by atoms with van der Waals surface area (Å²) in [6.45, 7) is 0. The van der Waals surface area contributed by atoms with Crippen LogP contribution in [0.5, 0.6) is 5.75 Å². The van der Waals surface area contributed by atoms with Crippen molar-refractivity contribution in [3.63, 3.8) is 0 Å². The summed E-state index contributed by atoms with van der Waals surface area (Å²) in [6.07, 6.45) is 0.931. The van der Waals surface area contributed by atoms with Crippen LogP contribution < -0.4 is 10.0 Å². The van der Waals surface area contributed by atoms with E-state index in [1.54, 1.807) is 0 Å². The first-order chi connectivity index (χ1) is 13.6. The lowest BCUT2D eigenvalue weighted by atomic mass is 10.0. The Kier molecular flexibility index (Phi) is 5.51. The van der Waals surface area contributed by atoms with Gasteiger partial charge in [0.15, 0.2) is 11.6 Å². The number of benzene rings is 3. The largest absolute Gasteiger partial charge is 0.506 e. The lowest BCUT2D eigenvalue weighted by molar-refractivity contribution is 0.102. The number of aromatic hydroxyl groups is 1. The van der Waals surface area contributed by atoms with Gasteiger partial charge in [0.1, 0.15) is 5.75 Å². The maximum absolute atomic E-state index is 13.9. The quantitative estimate of drug-likeness (QED) is 0.432. The van der Waals surface area contributed by atoms with E-state index in [2.05, 4.69) is 10.0 Å². The highest BCUT2D eigenvalue weighted by atomic mass is 32.2. The van der Waals surface area contributed by atoms with E-state index in [1.807, 2.05) is 0 Å². The van der Waals surface area contributed by atoms with Crippen molar-refractivity contribution in [1.82, 2.24) is 0 Å². The summed E-state index contributed by atoms with van der Waals surface area (Å²) in [6, 6.07) is 13.6. The third-order valence-corrected chi connectivity index (χ3v) is 4.55. The topological polar surface area (TPSA) is 95.5 Å². The summed E-state index contributed by atoms with van der Waals surface area (Å²) >= 11 is 0. The molecule has 150 valence electrons. The molecule has 3 aromatic rings. The summed E-state index contributed by atoms with van der Waals surface area (Å²) in [5.74, 6) is -2.74. The van der Waals surface area contributed by atoms with Crippen LogP contribution in [-0.4, -0.2) is 25.7 Å². The molecule has 0 saturated heterocycles. The molecule has 0 heterocycles. The minimum absolute atomic E-state index is 0.0759. The molecule has 9 heteroatoms. The van der Waals surface area contributed by atoms with E-state index in [1.165, 1.54) is 54.6 Å². The molecule has 0 atom stereocenters. The predicted octanol–water partition coefficient (Wildman–Crippen LogP) is 3.96. The van der Waals surface area contributed by atoms with Gasteiger partial charge in [0.2, 0.25) is 10.0 Å². The highest BCUT2D eigenvalue weighted by Crippen LogP contribution is 2.28. The SMILES string of the molecule is CS(=O)(=O)Nc1cc(NC(=O)c2ccc(-c3cccc(F)c3F)cc2)ccc1O. The predicted molar refractivity (Wildman–Crippen MR) is 106 cm³/mol. The molecule has 0 aromatic heterocycles. The molecule has 0 spiro atoms. The van der Waals surface area contributed by atoms with Gasteiger partial charge in [-0.2, -0.15) is 0 Å². The first-order valence-electron chi connectivity index (χ1n) is 8.30. The Morgan fingerprint density at radius 2 is 1.69 bits per heavy atom. The molecule has 29 heavy (non-hydrogen) atoms. The molecule has 0 aliphatic heterocycles. The van der Waals surface area contributed by atoms with Crippen LogP contribution >= 0.6 is 0 Å². The number of halogens is 2. The van der Waals surface area contributed by atoms with E-state index in [0.29, 0.717) is 5.56 Å². The highest BCUT2D eigenvalue weighted by molar-refractivity contribution is 7.92. The molecule has 0 aliphatic carbocycles. The Morgan fingerprint density at radius 1 is 1.00 bits per heavy atom. The molecule has 6 nitrogen and oxygen atoms in total. The molecular weight excluding hydrogens is 402 g/mol. The number of hydrogen-bond acceptors (Lipinski definition) is 4. The molecule has 0 fully saturated rings. The van der Waals surface area contributed by atoms with Gasteiger partial charge < -0.3 is 10.4 Å². The van der Waals surface area contributed by atoms with Gasteiger partial charge in [0, 0.05) is 16.8 Å². The lowest BCUT2D eigenvalue weighted by Gasteiger charge is -2.11. The number of nitrogens with one attached hydrogen (secondary N) is 2. The minimum Gasteiger partial charge on any atom is -0.506 e. The van der Waals surface area contributed by atoms with Crippen molar-refractivity contribution in [2.45, 2.75) is 0 Å². The fraction of sp³-hybridized carbons (Fsp3) is 0.0500. The number of hydrogen-bond donors (Lipinski definition) is 3. The van der Waals surface area contributed by atoms with Crippen molar-refractivity contribution < 1.29 is 27.1 Å². The molecule has 0 unspecified atom stereocenters. The standard InChI is InChI=1S/C20H16F2N2O4S/c1-29(27,28)24-17-11-14(9-10-18(17)25)23-20(26)13-7-5-12(6-8-13)15-3-2-4-16(21)19(15)22/h2-11,24-25H,1H3,(H,23,26). The number of phenolic OH excluding ortho intramolecular Hbond substituents is 1. The van der Waals surface area contributed by atoms with E-state index in [4.69, 9.17) is 0 Å². The maximum Gasteiger partial charge on any atom is 0.255 e. The second-order valence-electron chi connectivity index (χ2n) is 6.24. The zero-order valence-corrected chi connectivity index (χ0v) is 15.9. The maximum atomic E-state index is 13.9. The number of carbonyl (C=O) groups excluding carboxylic acids is 1. The van der Waals surface area contributed by atoms with Crippen LogP contribution in [0.1, 0.15) is 10.4 Å². The van der Waals surface area contributed by atoms with E-state index < -0.39 is 27.6 Å². The Balaban J connectivity index is 1.80. The van der Waals surface area contributed by atoms with Gasteiger partial charge in [-0.1, -0.05) is 24.3 Å². The van der Waals surface area contributed by atoms with Crippen molar-refractivity contribution in [1.29, 1.82) is 0 Å². The Labute approximate surface area is 165 Å². The Hall–Kier alpha value is -3.46. The van der Waals surface area contributed by atoms with Gasteiger partial charge in [-0.3, -0.25) is 9.52 Å². The average molecular weight is 418 g/mol. The Bertz CT molecular complexity index is 1180. The molecule has 3 aromatic carbocycles. The van der Waals surface area contributed by atoms with Crippen molar-refractivity contribution in [2.75, 3.05) is 16.3 Å². The number of phenols is 1. The van der Waals surface area contributed by atoms with Crippen molar-refractivity contribution in [3.8, 4) is 16.9 Å². The van der Waals surface area contributed by atoms with Crippen molar-refractivity contribution in [3.05, 3.63) is 77.9 Å². The number of amides is 1. The zero-order valence-electron chi connectivity index (χ0n) is 15.1. The van der Waals surface area contributed by atoms with Gasteiger partial charge >= 0.3 is 0 Å². The number of carbonyl (C=O) groups is 1. The highest BCUT2D eigenvalue weighted by Gasteiger charge is 2.13. The molecule has 0 saturated carbocycles. The number of sulfonamides is 1. The molecule has 3 N–H and O–H groups in total. The van der Waals surface area contributed by atoms with Crippen LogP contribution in [0.25, 0.3) is 11.1 Å².